The second-order valence-electron chi connectivity index (χ2n) is 7.06. The van der Waals surface area contributed by atoms with Crippen molar-refractivity contribution in [3.63, 3.8) is 0 Å². The number of rotatable bonds is 7. The molecular formula is C19H27NO5S2. The Bertz CT molecular complexity index is 774. The number of ether oxygens (including phenoxy) is 1. The van der Waals surface area contributed by atoms with E-state index < -0.39 is 28.0 Å². The van der Waals surface area contributed by atoms with Crippen LogP contribution in [0.2, 0.25) is 0 Å². The topological polar surface area (TPSA) is 80.8 Å². The summed E-state index contributed by atoms with van der Waals surface area (Å²) in [5.74, 6) is -0.273. The van der Waals surface area contributed by atoms with Gasteiger partial charge in [-0.1, -0.05) is 31.5 Å². The van der Waals surface area contributed by atoms with Gasteiger partial charge >= 0.3 is 5.97 Å². The van der Waals surface area contributed by atoms with E-state index in [-0.39, 0.29) is 29.6 Å². The van der Waals surface area contributed by atoms with Crippen molar-refractivity contribution in [3.05, 3.63) is 29.8 Å². The number of hydrogen-bond acceptors (Lipinski definition) is 6. The molecule has 1 aromatic rings. The Morgan fingerprint density at radius 3 is 2.44 bits per heavy atom. The summed E-state index contributed by atoms with van der Waals surface area (Å²) in [6, 6.07) is 5.86. The summed E-state index contributed by atoms with van der Waals surface area (Å²) in [6.45, 7) is 5.87. The molecule has 0 spiro atoms. The van der Waals surface area contributed by atoms with Crippen molar-refractivity contribution in [2.24, 2.45) is 11.8 Å². The third kappa shape index (κ3) is 5.12. The maximum absolute atomic E-state index is 13.1. The van der Waals surface area contributed by atoms with E-state index in [0.717, 1.165) is 5.56 Å². The number of nitrogens with zero attached hydrogens (tertiary/aromatic N) is 1. The maximum atomic E-state index is 13.1. The quantitative estimate of drug-likeness (QED) is 0.639. The number of Topliss-reactive ketones (excluding diaryl/α,β-unsaturated/α-hetero) is 1. The number of sulfonamides is 1. The third-order valence-corrected chi connectivity index (χ3v) is 7.75. The minimum absolute atomic E-state index is 0.0184. The molecule has 0 amide bonds. The molecule has 0 unspecified atom stereocenters. The van der Waals surface area contributed by atoms with Crippen molar-refractivity contribution in [3.8, 4) is 0 Å². The SMILES string of the molecule is COC(=O)[C@H](CC(=O)[C@@H]1CSCCN1S(=O)(=O)c1ccc(C)cc1)C(C)C. The first-order chi connectivity index (χ1) is 12.7. The molecule has 0 saturated carbocycles. The van der Waals surface area contributed by atoms with Crippen LogP contribution in [0, 0.1) is 18.8 Å². The molecule has 1 saturated heterocycles. The Morgan fingerprint density at radius 2 is 1.89 bits per heavy atom. The summed E-state index contributed by atoms with van der Waals surface area (Å²) in [5, 5.41) is 0. The largest absolute Gasteiger partial charge is 0.469 e. The van der Waals surface area contributed by atoms with E-state index in [1.165, 1.54) is 11.4 Å². The normalized spacial score (nSPS) is 19.7. The van der Waals surface area contributed by atoms with E-state index in [1.807, 2.05) is 20.8 Å². The Labute approximate surface area is 165 Å². The van der Waals surface area contributed by atoms with E-state index in [1.54, 1.807) is 36.0 Å². The predicted octanol–water partition coefficient (Wildman–Crippen LogP) is 2.51. The molecule has 0 N–H and O–H groups in total. The summed E-state index contributed by atoms with van der Waals surface area (Å²) in [7, 11) is -2.47. The molecule has 1 aromatic carbocycles. The summed E-state index contributed by atoms with van der Waals surface area (Å²) in [5.41, 5.74) is 0.966. The summed E-state index contributed by atoms with van der Waals surface area (Å²) >= 11 is 1.56. The van der Waals surface area contributed by atoms with E-state index in [4.69, 9.17) is 4.74 Å². The molecule has 150 valence electrons. The molecule has 2 atom stereocenters. The first-order valence-corrected chi connectivity index (χ1v) is 11.5. The highest BCUT2D eigenvalue weighted by atomic mass is 32.2. The molecule has 1 aliphatic heterocycles. The minimum atomic E-state index is -3.77. The van der Waals surface area contributed by atoms with Gasteiger partial charge in [0, 0.05) is 24.5 Å². The van der Waals surface area contributed by atoms with Crippen LogP contribution in [0.1, 0.15) is 25.8 Å². The van der Waals surface area contributed by atoms with Gasteiger partial charge in [-0.25, -0.2) is 8.42 Å². The van der Waals surface area contributed by atoms with Gasteiger partial charge in [-0.2, -0.15) is 16.1 Å². The van der Waals surface area contributed by atoms with Crippen LogP contribution in [0.5, 0.6) is 0 Å². The Morgan fingerprint density at radius 1 is 1.26 bits per heavy atom. The number of methoxy groups -OCH3 is 1. The van der Waals surface area contributed by atoms with Gasteiger partial charge in [0.15, 0.2) is 5.78 Å². The molecule has 1 heterocycles. The first-order valence-electron chi connectivity index (χ1n) is 8.95. The molecule has 2 rings (SSSR count). The third-order valence-electron chi connectivity index (χ3n) is 4.81. The molecule has 1 aliphatic rings. The average Bonchev–Trinajstić information content (AvgIpc) is 2.65. The van der Waals surface area contributed by atoms with Crippen LogP contribution in [-0.2, 0) is 24.3 Å². The summed E-state index contributed by atoms with van der Waals surface area (Å²) in [6.07, 6.45) is -0.0184. The van der Waals surface area contributed by atoms with Gasteiger partial charge in [-0.15, -0.1) is 0 Å². The Balaban J connectivity index is 2.27. The lowest BCUT2D eigenvalue weighted by Gasteiger charge is -2.34. The zero-order valence-corrected chi connectivity index (χ0v) is 17.8. The first kappa shape index (κ1) is 21.9. The van der Waals surface area contributed by atoms with Gasteiger partial charge in [0.1, 0.15) is 0 Å². The van der Waals surface area contributed by atoms with Crippen molar-refractivity contribution in [1.29, 1.82) is 0 Å². The van der Waals surface area contributed by atoms with Crippen LogP contribution in [-0.4, -0.2) is 55.7 Å². The number of thioether (sulfide) groups is 1. The molecule has 0 bridgehead atoms. The second-order valence-corrected chi connectivity index (χ2v) is 10.1. The summed E-state index contributed by atoms with van der Waals surface area (Å²) in [4.78, 5) is 25.1. The molecule has 0 radical (unpaired) electrons. The number of benzene rings is 1. The number of esters is 1. The standard InChI is InChI=1S/C19H27NO5S2/c1-13(2)16(19(22)25-4)11-18(21)17-12-26-10-9-20(17)27(23,24)15-7-5-14(3)6-8-15/h5-8,13,16-17H,9-12H2,1-4H3/t16-,17+/m1/s1. The number of aryl methyl sites for hydroxylation is 1. The zero-order valence-electron chi connectivity index (χ0n) is 16.2. The van der Waals surface area contributed by atoms with E-state index in [9.17, 15) is 18.0 Å². The number of hydrogen-bond donors (Lipinski definition) is 0. The maximum Gasteiger partial charge on any atom is 0.309 e. The van der Waals surface area contributed by atoms with Gasteiger partial charge < -0.3 is 4.74 Å². The predicted molar refractivity (Wildman–Crippen MR) is 106 cm³/mol. The van der Waals surface area contributed by atoms with Crippen LogP contribution >= 0.6 is 11.8 Å². The van der Waals surface area contributed by atoms with Gasteiger partial charge in [-0.3, -0.25) is 9.59 Å². The van der Waals surface area contributed by atoms with Gasteiger partial charge in [-0.05, 0) is 25.0 Å². The van der Waals surface area contributed by atoms with Crippen LogP contribution in [0.15, 0.2) is 29.2 Å². The zero-order chi connectivity index (χ0) is 20.2. The monoisotopic (exact) mass is 413 g/mol. The fourth-order valence-corrected chi connectivity index (χ4v) is 5.97. The van der Waals surface area contributed by atoms with Crippen molar-refractivity contribution >= 4 is 33.5 Å². The van der Waals surface area contributed by atoms with Crippen molar-refractivity contribution in [2.75, 3.05) is 25.2 Å². The highest BCUT2D eigenvalue weighted by molar-refractivity contribution is 7.99. The highest BCUT2D eigenvalue weighted by Gasteiger charge is 2.39. The van der Waals surface area contributed by atoms with Crippen molar-refractivity contribution in [2.45, 2.75) is 38.1 Å². The molecule has 27 heavy (non-hydrogen) atoms. The Hall–Kier alpha value is -1.38. The lowest BCUT2D eigenvalue weighted by molar-refractivity contribution is -0.149. The molecule has 0 aliphatic carbocycles. The highest BCUT2D eigenvalue weighted by Crippen LogP contribution is 2.28. The van der Waals surface area contributed by atoms with E-state index >= 15 is 0 Å². The van der Waals surface area contributed by atoms with Gasteiger partial charge in [0.2, 0.25) is 10.0 Å². The van der Waals surface area contributed by atoms with Crippen LogP contribution in [0.3, 0.4) is 0 Å². The minimum Gasteiger partial charge on any atom is -0.469 e. The molecule has 1 fully saturated rings. The van der Waals surface area contributed by atoms with Crippen LogP contribution < -0.4 is 0 Å². The average molecular weight is 414 g/mol. The Kier molecular flexibility index (Phi) is 7.47. The fraction of sp³-hybridized carbons (Fsp3) is 0.579. The molecular weight excluding hydrogens is 386 g/mol. The van der Waals surface area contributed by atoms with E-state index in [0.29, 0.717) is 11.5 Å². The smallest absolute Gasteiger partial charge is 0.309 e. The summed E-state index contributed by atoms with van der Waals surface area (Å²) < 4.78 is 32.3. The van der Waals surface area contributed by atoms with E-state index in [2.05, 4.69) is 0 Å². The van der Waals surface area contributed by atoms with Crippen molar-refractivity contribution < 1.29 is 22.7 Å². The van der Waals surface area contributed by atoms with Gasteiger partial charge in [0.05, 0.1) is 24.0 Å². The molecule has 0 aromatic heterocycles. The van der Waals surface area contributed by atoms with Crippen LogP contribution in [0.25, 0.3) is 0 Å². The second kappa shape index (κ2) is 9.21. The lowest BCUT2D eigenvalue weighted by Crippen LogP contribution is -2.50. The van der Waals surface area contributed by atoms with Crippen LogP contribution in [0.4, 0.5) is 0 Å². The van der Waals surface area contributed by atoms with Crippen molar-refractivity contribution in [1.82, 2.24) is 4.31 Å². The van der Waals surface area contributed by atoms with Gasteiger partial charge in [0.25, 0.3) is 0 Å². The molecule has 6 nitrogen and oxygen atoms in total. The number of carbonyl (C=O) groups is 2. The number of carbonyl (C=O) groups excluding carboxylic acids is 2. The fourth-order valence-electron chi connectivity index (χ4n) is 3.07. The molecule has 8 heteroatoms. The number of ketones is 1. The lowest BCUT2D eigenvalue weighted by atomic mass is 9.89.